The second kappa shape index (κ2) is 5.87. The topological polar surface area (TPSA) is 89.9 Å². The molecule has 0 unspecified atom stereocenters. The molecule has 1 aliphatic rings. The predicted molar refractivity (Wildman–Crippen MR) is 74.2 cm³/mol. The standard InChI is InChI=1S/C12H12Cl2N2O4/c13-7-2-1-3-8(14)10(7)15-12(20)16-5-6(17)4-9(16)11(18)19/h1-3,6,9,17H,4-5H2,(H,15,20)(H,18,19)/t6-,9-/m1/s1. The number of β-amino-alcohol motifs (C(OH)–C–C–N with tert-alkyl or cyclic N) is 1. The first-order chi connectivity index (χ1) is 9.40. The van der Waals surface area contributed by atoms with E-state index < -0.39 is 24.1 Å². The zero-order valence-electron chi connectivity index (χ0n) is 10.2. The molecule has 0 saturated carbocycles. The second-order valence-electron chi connectivity index (χ2n) is 4.42. The van der Waals surface area contributed by atoms with Crippen LogP contribution in [-0.4, -0.2) is 45.8 Å². The largest absolute Gasteiger partial charge is 0.480 e. The maximum Gasteiger partial charge on any atom is 0.326 e. The van der Waals surface area contributed by atoms with Gasteiger partial charge in [0, 0.05) is 13.0 Å². The summed E-state index contributed by atoms with van der Waals surface area (Å²) in [6.07, 6.45) is -0.859. The van der Waals surface area contributed by atoms with Crippen molar-refractivity contribution in [2.45, 2.75) is 18.6 Å². The Bertz CT molecular complexity index is 532. The van der Waals surface area contributed by atoms with Crippen LogP contribution in [0.4, 0.5) is 10.5 Å². The van der Waals surface area contributed by atoms with Crippen molar-refractivity contribution in [2.24, 2.45) is 0 Å². The van der Waals surface area contributed by atoms with E-state index in [-0.39, 0.29) is 28.7 Å². The van der Waals surface area contributed by atoms with Gasteiger partial charge in [-0.1, -0.05) is 29.3 Å². The fraction of sp³-hybridized carbons (Fsp3) is 0.333. The van der Waals surface area contributed by atoms with E-state index in [0.29, 0.717) is 0 Å². The number of carbonyl (C=O) groups excluding carboxylic acids is 1. The van der Waals surface area contributed by atoms with Crippen molar-refractivity contribution < 1.29 is 19.8 Å². The summed E-state index contributed by atoms with van der Waals surface area (Å²) in [6.45, 7) is -0.0507. The van der Waals surface area contributed by atoms with Crippen LogP contribution in [0.3, 0.4) is 0 Å². The molecule has 0 bridgehead atoms. The van der Waals surface area contributed by atoms with E-state index in [1.165, 1.54) is 0 Å². The number of amides is 2. The number of hydrogen-bond acceptors (Lipinski definition) is 3. The Balaban J connectivity index is 2.18. The molecule has 108 valence electrons. The van der Waals surface area contributed by atoms with Crippen LogP contribution in [0.2, 0.25) is 10.0 Å². The molecule has 20 heavy (non-hydrogen) atoms. The number of carboxylic acids is 1. The van der Waals surface area contributed by atoms with Crippen LogP contribution < -0.4 is 5.32 Å². The lowest BCUT2D eigenvalue weighted by atomic mass is 10.2. The highest BCUT2D eigenvalue weighted by Gasteiger charge is 2.39. The number of nitrogens with zero attached hydrogens (tertiary/aromatic N) is 1. The predicted octanol–water partition coefficient (Wildman–Crippen LogP) is 2.05. The van der Waals surface area contributed by atoms with Gasteiger partial charge in [-0.2, -0.15) is 0 Å². The van der Waals surface area contributed by atoms with E-state index in [2.05, 4.69) is 5.32 Å². The quantitative estimate of drug-likeness (QED) is 0.778. The lowest BCUT2D eigenvalue weighted by molar-refractivity contribution is -0.141. The number of carbonyl (C=O) groups is 2. The molecule has 1 aromatic carbocycles. The molecule has 2 atom stereocenters. The molecule has 3 N–H and O–H groups in total. The number of aliphatic hydroxyl groups is 1. The van der Waals surface area contributed by atoms with Gasteiger partial charge in [-0.05, 0) is 12.1 Å². The fourth-order valence-corrected chi connectivity index (χ4v) is 2.56. The molecule has 2 rings (SSSR count). The Morgan fingerprint density at radius 3 is 2.45 bits per heavy atom. The van der Waals surface area contributed by atoms with E-state index in [9.17, 15) is 14.7 Å². The maximum absolute atomic E-state index is 12.1. The second-order valence-corrected chi connectivity index (χ2v) is 5.24. The Morgan fingerprint density at radius 2 is 1.90 bits per heavy atom. The third-order valence-corrected chi connectivity index (χ3v) is 3.65. The lowest BCUT2D eigenvalue weighted by Gasteiger charge is -2.22. The van der Waals surface area contributed by atoms with Gasteiger partial charge in [-0.3, -0.25) is 0 Å². The normalized spacial score (nSPS) is 21.9. The highest BCUT2D eigenvalue weighted by Crippen LogP contribution is 2.30. The van der Waals surface area contributed by atoms with E-state index in [4.69, 9.17) is 28.3 Å². The van der Waals surface area contributed by atoms with Crippen molar-refractivity contribution in [3.63, 3.8) is 0 Å². The Labute approximate surface area is 124 Å². The minimum Gasteiger partial charge on any atom is -0.480 e. The zero-order chi connectivity index (χ0) is 14.9. The van der Waals surface area contributed by atoms with E-state index in [0.717, 1.165) is 4.90 Å². The molecule has 0 spiro atoms. The molecule has 8 heteroatoms. The minimum absolute atomic E-state index is 0.000985. The summed E-state index contributed by atoms with van der Waals surface area (Å²) in [4.78, 5) is 24.2. The number of anilines is 1. The van der Waals surface area contributed by atoms with Gasteiger partial charge < -0.3 is 20.4 Å². The van der Waals surface area contributed by atoms with Crippen LogP contribution in [0.5, 0.6) is 0 Å². The summed E-state index contributed by atoms with van der Waals surface area (Å²) in [6, 6.07) is 3.00. The Morgan fingerprint density at radius 1 is 1.30 bits per heavy atom. The van der Waals surface area contributed by atoms with Crippen molar-refractivity contribution in [2.75, 3.05) is 11.9 Å². The SMILES string of the molecule is O=C(O)[C@H]1C[C@@H](O)CN1C(=O)Nc1c(Cl)cccc1Cl. The van der Waals surface area contributed by atoms with Gasteiger partial charge in [0.25, 0.3) is 0 Å². The van der Waals surface area contributed by atoms with Crippen LogP contribution in [0.25, 0.3) is 0 Å². The monoisotopic (exact) mass is 318 g/mol. The number of hydrogen-bond donors (Lipinski definition) is 3. The summed E-state index contributed by atoms with van der Waals surface area (Å²) in [7, 11) is 0. The highest BCUT2D eigenvalue weighted by molar-refractivity contribution is 6.39. The van der Waals surface area contributed by atoms with Gasteiger partial charge in [0.15, 0.2) is 0 Å². The first-order valence-corrected chi connectivity index (χ1v) is 6.58. The first-order valence-electron chi connectivity index (χ1n) is 5.82. The van der Waals surface area contributed by atoms with E-state index >= 15 is 0 Å². The average molecular weight is 319 g/mol. The van der Waals surface area contributed by atoms with Crippen LogP contribution in [0.15, 0.2) is 18.2 Å². The van der Waals surface area contributed by atoms with Crippen molar-refractivity contribution >= 4 is 40.9 Å². The summed E-state index contributed by atoms with van der Waals surface area (Å²) >= 11 is 11.8. The Kier molecular flexibility index (Phi) is 4.37. The molecule has 1 heterocycles. The van der Waals surface area contributed by atoms with Crippen LogP contribution >= 0.6 is 23.2 Å². The molecule has 6 nitrogen and oxygen atoms in total. The summed E-state index contributed by atoms with van der Waals surface area (Å²) in [5.41, 5.74) is 0.214. The number of rotatable bonds is 2. The molecule has 2 amide bonds. The number of halogens is 2. The van der Waals surface area contributed by atoms with E-state index in [1.54, 1.807) is 18.2 Å². The molecule has 0 aromatic heterocycles. The van der Waals surface area contributed by atoms with Gasteiger partial charge >= 0.3 is 12.0 Å². The number of urea groups is 1. The molecule has 1 saturated heterocycles. The number of para-hydroxylation sites is 1. The van der Waals surface area contributed by atoms with Crippen molar-refractivity contribution in [1.29, 1.82) is 0 Å². The first kappa shape index (κ1) is 14.9. The van der Waals surface area contributed by atoms with Crippen molar-refractivity contribution in [3.05, 3.63) is 28.2 Å². The van der Waals surface area contributed by atoms with Gasteiger partial charge in [-0.25, -0.2) is 9.59 Å². The van der Waals surface area contributed by atoms with Crippen LogP contribution in [0.1, 0.15) is 6.42 Å². The highest BCUT2D eigenvalue weighted by atomic mass is 35.5. The molecule has 1 aliphatic heterocycles. The number of nitrogens with one attached hydrogen (secondary N) is 1. The number of aliphatic hydroxyl groups excluding tert-OH is 1. The minimum atomic E-state index is -1.16. The van der Waals surface area contributed by atoms with Gasteiger partial charge in [-0.15, -0.1) is 0 Å². The Hall–Kier alpha value is -1.50. The molecule has 1 fully saturated rings. The van der Waals surface area contributed by atoms with Crippen LogP contribution in [0, 0.1) is 0 Å². The number of carboxylic acid groups (broad SMARTS) is 1. The van der Waals surface area contributed by atoms with Crippen molar-refractivity contribution in [3.8, 4) is 0 Å². The van der Waals surface area contributed by atoms with Gasteiger partial charge in [0.2, 0.25) is 0 Å². The van der Waals surface area contributed by atoms with Crippen LogP contribution in [-0.2, 0) is 4.79 Å². The third kappa shape index (κ3) is 2.98. The molecular formula is C12H12Cl2N2O4. The third-order valence-electron chi connectivity index (χ3n) is 3.02. The summed E-state index contributed by atoms with van der Waals surface area (Å²) in [5, 5.41) is 21.5. The summed E-state index contributed by atoms with van der Waals surface area (Å²) < 4.78 is 0. The summed E-state index contributed by atoms with van der Waals surface area (Å²) in [5.74, 6) is -1.16. The number of likely N-dealkylation sites (tertiary alicyclic amines) is 1. The van der Waals surface area contributed by atoms with Gasteiger partial charge in [0.05, 0.1) is 21.8 Å². The molecule has 1 aromatic rings. The smallest absolute Gasteiger partial charge is 0.326 e. The fourth-order valence-electron chi connectivity index (χ4n) is 2.07. The maximum atomic E-state index is 12.1. The zero-order valence-corrected chi connectivity index (χ0v) is 11.7. The molecule has 0 radical (unpaired) electrons. The van der Waals surface area contributed by atoms with Crippen molar-refractivity contribution in [1.82, 2.24) is 4.90 Å². The molecular weight excluding hydrogens is 307 g/mol. The van der Waals surface area contributed by atoms with Gasteiger partial charge in [0.1, 0.15) is 6.04 Å². The lowest BCUT2D eigenvalue weighted by Crippen LogP contribution is -2.43. The number of benzene rings is 1. The molecule has 0 aliphatic carbocycles. The number of aliphatic carboxylic acids is 1. The van der Waals surface area contributed by atoms with E-state index in [1.807, 2.05) is 0 Å². The average Bonchev–Trinajstić information content (AvgIpc) is 2.76.